The molecule has 4 nitrogen and oxygen atoms in total. The van der Waals surface area contributed by atoms with Crippen LogP contribution in [0.5, 0.6) is 0 Å². The largest absolute Gasteiger partial charge is 0.378 e. The Hall–Kier alpha value is -0.770. The number of ether oxygens (including phenoxy) is 1. The van der Waals surface area contributed by atoms with Gasteiger partial charge in [0.1, 0.15) is 0 Å². The first-order valence-electron chi connectivity index (χ1n) is 6.39. The fraction of sp³-hybridized carbons (Fsp3) is 0.917. The van der Waals surface area contributed by atoms with Gasteiger partial charge in [-0.2, -0.15) is 0 Å². The first-order chi connectivity index (χ1) is 7.70. The molecular formula is C12H21N3O. The van der Waals surface area contributed by atoms with Gasteiger partial charge in [-0.05, 0) is 38.5 Å². The summed E-state index contributed by atoms with van der Waals surface area (Å²) in [5.41, 5.74) is 6.23. The second-order valence-electron chi connectivity index (χ2n) is 5.59. The maximum Gasteiger partial charge on any atom is 0.191 e. The van der Waals surface area contributed by atoms with Crippen molar-refractivity contribution in [3.8, 4) is 0 Å². The average Bonchev–Trinajstić information content (AvgIpc) is 3.02. The predicted molar refractivity (Wildman–Crippen MR) is 63.3 cm³/mol. The van der Waals surface area contributed by atoms with Crippen LogP contribution in [-0.4, -0.2) is 42.2 Å². The highest BCUT2D eigenvalue weighted by Crippen LogP contribution is 2.38. The van der Waals surface area contributed by atoms with Crippen molar-refractivity contribution < 1.29 is 4.74 Å². The normalized spacial score (nSPS) is 39.2. The molecule has 2 unspecified atom stereocenters. The Morgan fingerprint density at radius 2 is 2.38 bits per heavy atom. The third kappa shape index (κ3) is 1.69. The number of rotatable bonds is 2. The van der Waals surface area contributed by atoms with Crippen molar-refractivity contribution in [2.24, 2.45) is 16.6 Å². The highest BCUT2D eigenvalue weighted by Gasteiger charge is 2.46. The average molecular weight is 223 g/mol. The fourth-order valence-corrected chi connectivity index (χ4v) is 3.02. The van der Waals surface area contributed by atoms with Gasteiger partial charge in [0.25, 0.3) is 0 Å². The van der Waals surface area contributed by atoms with E-state index in [4.69, 9.17) is 10.5 Å². The quantitative estimate of drug-likeness (QED) is 0.758. The van der Waals surface area contributed by atoms with Crippen LogP contribution >= 0.6 is 0 Å². The Kier molecular flexibility index (Phi) is 2.35. The Morgan fingerprint density at radius 1 is 1.56 bits per heavy atom. The summed E-state index contributed by atoms with van der Waals surface area (Å²) in [4.78, 5) is 6.85. The van der Waals surface area contributed by atoms with E-state index in [2.05, 4.69) is 16.8 Å². The van der Waals surface area contributed by atoms with E-state index in [1.165, 1.54) is 12.8 Å². The lowest BCUT2D eigenvalue weighted by Crippen LogP contribution is -2.56. The minimum absolute atomic E-state index is 0.185. The van der Waals surface area contributed by atoms with Gasteiger partial charge in [0.05, 0.1) is 18.2 Å². The lowest BCUT2D eigenvalue weighted by Gasteiger charge is -2.44. The Labute approximate surface area is 96.8 Å². The molecule has 1 spiro atoms. The van der Waals surface area contributed by atoms with E-state index in [-0.39, 0.29) is 5.54 Å². The van der Waals surface area contributed by atoms with E-state index in [0.29, 0.717) is 6.10 Å². The summed E-state index contributed by atoms with van der Waals surface area (Å²) in [5, 5.41) is 0. The summed E-state index contributed by atoms with van der Waals surface area (Å²) in [5.74, 6) is 1.63. The van der Waals surface area contributed by atoms with Crippen molar-refractivity contribution in [1.82, 2.24) is 4.90 Å². The van der Waals surface area contributed by atoms with Crippen LogP contribution in [-0.2, 0) is 4.74 Å². The molecular weight excluding hydrogens is 202 g/mol. The molecule has 0 aromatic heterocycles. The van der Waals surface area contributed by atoms with Crippen molar-refractivity contribution in [3.05, 3.63) is 0 Å². The summed E-state index contributed by atoms with van der Waals surface area (Å²) in [6, 6.07) is 0. The molecule has 2 heterocycles. The molecule has 16 heavy (non-hydrogen) atoms. The van der Waals surface area contributed by atoms with Crippen LogP contribution < -0.4 is 5.73 Å². The van der Waals surface area contributed by atoms with E-state index < -0.39 is 0 Å². The molecule has 3 aliphatic rings. The molecule has 90 valence electrons. The number of nitrogens with zero attached hydrogens (tertiary/aromatic N) is 2. The second kappa shape index (κ2) is 3.62. The van der Waals surface area contributed by atoms with Gasteiger partial charge in [0.15, 0.2) is 5.96 Å². The molecule has 3 rings (SSSR count). The van der Waals surface area contributed by atoms with Crippen LogP contribution in [0.3, 0.4) is 0 Å². The van der Waals surface area contributed by atoms with E-state index in [1.807, 2.05) is 0 Å². The summed E-state index contributed by atoms with van der Waals surface area (Å²) in [7, 11) is 0. The monoisotopic (exact) mass is 223 g/mol. The van der Waals surface area contributed by atoms with Gasteiger partial charge >= 0.3 is 0 Å². The highest BCUT2D eigenvalue weighted by molar-refractivity contribution is 5.81. The molecule has 0 amide bonds. The second-order valence-corrected chi connectivity index (χ2v) is 5.59. The number of nitrogens with two attached hydrogens (primary N) is 1. The molecule has 2 atom stereocenters. The van der Waals surface area contributed by atoms with E-state index in [9.17, 15) is 0 Å². The lowest BCUT2D eigenvalue weighted by atomic mass is 9.86. The van der Waals surface area contributed by atoms with Gasteiger partial charge in [-0.25, -0.2) is 0 Å². The van der Waals surface area contributed by atoms with Crippen molar-refractivity contribution in [2.45, 2.75) is 44.2 Å². The van der Waals surface area contributed by atoms with Gasteiger partial charge in [-0.1, -0.05) is 0 Å². The molecule has 0 aromatic carbocycles. The Bertz CT molecular complexity index is 313. The SMILES string of the molecule is CC1CC2(CCO1)CN=C(N)N2CC1CC1. The molecule has 1 saturated carbocycles. The van der Waals surface area contributed by atoms with E-state index >= 15 is 0 Å². The maximum atomic E-state index is 6.04. The topological polar surface area (TPSA) is 50.9 Å². The lowest BCUT2D eigenvalue weighted by molar-refractivity contribution is -0.0390. The van der Waals surface area contributed by atoms with E-state index in [0.717, 1.165) is 44.4 Å². The zero-order valence-corrected chi connectivity index (χ0v) is 9.98. The fourth-order valence-electron chi connectivity index (χ4n) is 3.02. The van der Waals surface area contributed by atoms with Gasteiger partial charge < -0.3 is 15.4 Å². The smallest absolute Gasteiger partial charge is 0.191 e. The van der Waals surface area contributed by atoms with Crippen molar-refractivity contribution in [3.63, 3.8) is 0 Å². The molecule has 0 bridgehead atoms. The van der Waals surface area contributed by atoms with Crippen LogP contribution in [0.25, 0.3) is 0 Å². The van der Waals surface area contributed by atoms with Gasteiger partial charge in [0.2, 0.25) is 0 Å². The Morgan fingerprint density at radius 3 is 3.06 bits per heavy atom. The van der Waals surface area contributed by atoms with Crippen LogP contribution in [0.4, 0.5) is 0 Å². The third-order valence-corrected chi connectivity index (χ3v) is 4.16. The summed E-state index contributed by atoms with van der Waals surface area (Å²) in [6.07, 6.45) is 5.23. The molecule has 1 aliphatic carbocycles. The van der Waals surface area contributed by atoms with Gasteiger partial charge in [0, 0.05) is 13.2 Å². The number of hydrogen-bond donors (Lipinski definition) is 1. The first-order valence-corrected chi connectivity index (χ1v) is 6.39. The predicted octanol–water partition coefficient (Wildman–Crippen LogP) is 0.964. The summed E-state index contributed by atoms with van der Waals surface area (Å²) < 4.78 is 5.65. The molecule has 2 N–H and O–H groups in total. The van der Waals surface area contributed by atoms with Crippen molar-refractivity contribution in [1.29, 1.82) is 0 Å². The third-order valence-electron chi connectivity index (χ3n) is 4.16. The Balaban J connectivity index is 1.77. The molecule has 4 heteroatoms. The molecule has 0 aromatic rings. The molecule has 1 saturated heterocycles. The van der Waals surface area contributed by atoms with Crippen LogP contribution in [0.1, 0.15) is 32.6 Å². The van der Waals surface area contributed by atoms with Crippen molar-refractivity contribution >= 4 is 5.96 Å². The van der Waals surface area contributed by atoms with Crippen LogP contribution in [0, 0.1) is 5.92 Å². The standard InChI is InChI=1S/C12H21N3O/c1-9-6-12(4-5-16-9)8-14-11(13)15(12)7-10-2-3-10/h9-10H,2-8H2,1H3,(H2,13,14). The van der Waals surface area contributed by atoms with Crippen LogP contribution in [0.15, 0.2) is 4.99 Å². The van der Waals surface area contributed by atoms with E-state index in [1.54, 1.807) is 0 Å². The number of guanidine groups is 1. The highest BCUT2D eigenvalue weighted by atomic mass is 16.5. The maximum absolute atomic E-state index is 6.04. The number of aliphatic imine (C=N–C) groups is 1. The zero-order chi connectivity index (χ0) is 11.2. The first kappa shape index (κ1) is 10.4. The van der Waals surface area contributed by atoms with Gasteiger partial charge in [-0.3, -0.25) is 4.99 Å². The van der Waals surface area contributed by atoms with Crippen molar-refractivity contribution in [2.75, 3.05) is 19.7 Å². The number of hydrogen-bond acceptors (Lipinski definition) is 4. The minimum Gasteiger partial charge on any atom is -0.378 e. The zero-order valence-electron chi connectivity index (χ0n) is 9.98. The van der Waals surface area contributed by atoms with Gasteiger partial charge in [-0.15, -0.1) is 0 Å². The minimum atomic E-state index is 0.185. The molecule has 2 fully saturated rings. The summed E-state index contributed by atoms with van der Waals surface area (Å²) >= 11 is 0. The molecule has 0 radical (unpaired) electrons. The summed E-state index contributed by atoms with van der Waals surface area (Å²) in [6.45, 7) is 5.00. The van der Waals surface area contributed by atoms with Crippen LogP contribution in [0.2, 0.25) is 0 Å². The molecule has 2 aliphatic heterocycles.